The van der Waals surface area contributed by atoms with E-state index >= 15 is 0 Å². The highest BCUT2D eigenvalue weighted by Gasteiger charge is 2.15. The second-order valence-corrected chi connectivity index (χ2v) is 8.38. The average Bonchev–Trinajstić information content (AvgIpc) is 2.59. The number of carbonyl (C=O) groups is 1. The normalized spacial score (nSPS) is 11.3. The Bertz CT molecular complexity index is 877. The Hall–Kier alpha value is -2.54. The highest BCUT2D eigenvalue weighted by atomic mass is 32.2. The van der Waals surface area contributed by atoms with E-state index in [1.807, 2.05) is 38.1 Å². The van der Waals surface area contributed by atoms with Crippen molar-refractivity contribution in [1.82, 2.24) is 5.32 Å². The van der Waals surface area contributed by atoms with Crippen molar-refractivity contribution in [3.05, 3.63) is 59.7 Å². The van der Waals surface area contributed by atoms with E-state index in [1.54, 1.807) is 31.2 Å². The Balaban J connectivity index is 2.02. The van der Waals surface area contributed by atoms with Crippen molar-refractivity contribution in [3.63, 3.8) is 0 Å². The fraction of sp³-hybridized carbons (Fsp3) is 0.350. The van der Waals surface area contributed by atoms with Crippen molar-refractivity contribution in [1.29, 1.82) is 0 Å². The molecule has 0 aliphatic heterocycles. The number of ether oxygens (including phenoxy) is 1. The number of hydrogen-bond acceptors (Lipinski definition) is 4. The van der Waals surface area contributed by atoms with E-state index in [1.165, 1.54) is 4.31 Å². The predicted octanol–water partition coefficient (Wildman–Crippen LogP) is 3.19. The van der Waals surface area contributed by atoms with E-state index in [0.29, 0.717) is 24.3 Å². The van der Waals surface area contributed by atoms with E-state index in [2.05, 4.69) is 5.32 Å². The molecule has 0 spiro atoms. The molecule has 0 heterocycles. The second-order valence-electron chi connectivity index (χ2n) is 6.47. The van der Waals surface area contributed by atoms with Gasteiger partial charge in [-0.25, -0.2) is 8.42 Å². The average molecular weight is 391 g/mol. The minimum absolute atomic E-state index is 0.0861. The van der Waals surface area contributed by atoms with Crippen LogP contribution in [0.25, 0.3) is 0 Å². The second kappa shape index (κ2) is 8.90. The van der Waals surface area contributed by atoms with Crippen molar-refractivity contribution in [3.8, 4) is 5.75 Å². The summed E-state index contributed by atoms with van der Waals surface area (Å²) < 4.78 is 30.5. The first-order valence-electron chi connectivity index (χ1n) is 8.82. The molecule has 7 heteroatoms. The van der Waals surface area contributed by atoms with Gasteiger partial charge < -0.3 is 10.1 Å². The van der Waals surface area contributed by atoms with Crippen molar-refractivity contribution in [2.24, 2.45) is 0 Å². The number of carbonyl (C=O) groups excluding carboxylic acids is 1. The molecule has 2 rings (SSSR count). The summed E-state index contributed by atoms with van der Waals surface area (Å²) in [5.41, 5.74) is 1.94. The zero-order valence-electron chi connectivity index (χ0n) is 16.1. The Labute approximate surface area is 161 Å². The van der Waals surface area contributed by atoms with E-state index in [4.69, 9.17) is 4.74 Å². The Morgan fingerprint density at radius 2 is 1.81 bits per heavy atom. The van der Waals surface area contributed by atoms with Crippen LogP contribution in [0.1, 0.15) is 36.7 Å². The lowest BCUT2D eigenvalue weighted by Gasteiger charge is -2.20. The number of rotatable bonds is 8. The lowest BCUT2D eigenvalue weighted by Crippen LogP contribution is -2.29. The standard InChI is InChI=1S/C20H26N2O4S/c1-5-22(27(4,24)25)18-11-9-17(10-12-18)20(23)21-14-16-7-6-8-19(13-16)26-15(2)3/h6-13,15H,5,14H2,1-4H3,(H,21,23). The van der Waals surface area contributed by atoms with Gasteiger partial charge in [-0.15, -0.1) is 0 Å². The van der Waals surface area contributed by atoms with Crippen molar-refractivity contribution in [2.45, 2.75) is 33.4 Å². The summed E-state index contributed by atoms with van der Waals surface area (Å²) in [5.74, 6) is 0.542. The highest BCUT2D eigenvalue weighted by molar-refractivity contribution is 7.92. The maximum Gasteiger partial charge on any atom is 0.251 e. The van der Waals surface area contributed by atoms with Crippen LogP contribution in [-0.4, -0.2) is 33.2 Å². The van der Waals surface area contributed by atoms with E-state index < -0.39 is 10.0 Å². The molecule has 0 bridgehead atoms. The number of nitrogens with zero attached hydrogens (tertiary/aromatic N) is 1. The number of amides is 1. The molecule has 1 amide bonds. The van der Waals surface area contributed by atoms with Gasteiger partial charge in [0.25, 0.3) is 5.91 Å². The van der Waals surface area contributed by atoms with Gasteiger partial charge in [0, 0.05) is 18.7 Å². The van der Waals surface area contributed by atoms with Crippen LogP contribution in [0.4, 0.5) is 5.69 Å². The molecular formula is C20H26N2O4S. The molecule has 0 aliphatic rings. The molecule has 0 saturated carbocycles. The van der Waals surface area contributed by atoms with E-state index in [0.717, 1.165) is 17.6 Å². The monoisotopic (exact) mass is 390 g/mol. The molecule has 146 valence electrons. The topological polar surface area (TPSA) is 75.7 Å². The van der Waals surface area contributed by atoms with Gasteiger partial charge in [0.2, 0.25) is 10.0 Å². The molecule has 0 aliphatic carbocycles. The van der Waals surface area contributed by atoms with Crippen LogP contribution < -0.4 is 14.4 Å². The van der Waals surface area contributed by atoms with Gasteiger partial charge >= 0.3 is 0 Å². The largest absolute Gasteiger partial charge is 0.491 e. The lowest BCUT2D eigenvalue weighted by molar-refractivity contribution is 0.0951. The Morgan fingerprint density at radius 1 is 1.15 bits per heavy atom. The summed E-state index contributed by atoms with van der Waals surface area (Å²) in [6.07, 6.45) is 1.25. The number of anilines is 1. The summed E-state index contributed by atoms with van der Waals surface area (Å²) in [7, 11) is -3.34. The molecule has 0 radical (unpaired) electrons. The summed E-state index contributed by atoms with van der Waals surface area (Å²) in [6, 6.07) is 14.1. The van der Waals surface area contributed by atoms with Crippen LogP contribution in [0.3, 0.4) is 0 Å². The zero-order valence-corrected chi connectivity index (χ0v) is 16.9. The van der Waals surface area contributed by atoms with Crippen LogP contribution in [0.5, 0.6) is 5.75 Å². The minimum Gasteiger partial charge on any atom is -0.491 e. The van der Waals surface area contributed by atoms with Crippen LogP contribution in [-0.2, 0) is 16.6 Å². The minimum atomic E-state index is -3.34. The van der Waals surface area contributed by atoms with Gasteiger partial charge in [-0.2, -0.15) is 0 Å². The summed E-state index contributed by atoms with van der Waals surface area (Å²) in [4.78, 5) is 12.4. The first-order valence-corrected chi connectivity index (χ1v) is 10.7. The van der Waals surface area contributed by atoms with Crippen LogP contribution >= 0.6 is 0 Å². The lowest BCUT2D eigenvalue weighted by atomic mass is 10.1. The van der Waals surface area contributed by atoms with Gasteiger partial charge in [0.05, 0.1) is 18.0 Å². The third kappa shape index (κ3) is 5.99. The number of nitrogens with one attached hydrogen (secondary N) is 1. The van der Waals surface area contributed by atoms with Gasteiger partial charge in [-0.1, -0.05) is 12.1 Å². The molecule has 0 atom stereocenters. The summed E-state index contributed by atoms with van der Waals surface area (Å²) >= 11 is 0. The first-order chi connectivity index (χ1) is 12.7. The summed E-state index contributed by atoms with van der Waals surface area (Å²) in [5, 5.41) is 2.86. The highest BCUT2D eigenvalue weighted by Crippen LogP contribution is 2.18. The van der Waals surface area contributed by atoms with Crippen molar-refractivity contribution in [2.75, 3.05) is 17.1 Å². The smallest absolute Gasteiger partial charge is 0.251 e. The quantitative estimate of drug-likeness (QED) is 0.751. The van der Waals surface area contributed by atoms with Gasteiger partial charge in [-0.05, 0) is 62.7 Å². The maximum absolute atomic E-state index is 12.4. The fourth-order valence-electron chi connectivity index (χ4n) is 2.67. The Kier molecular flexibility index (Phi) is 6.85. The van der Waals surface area contributed by atoms with Gasteiger partial charge in [0.1, 0.15) is 5.75 Å². The van der Waals surface area contributed by atoms with Crippen LogP contribution in [0.2, 0.25) is 0 Å². The van der Waals surface area contributed by atoms with Crippen LogP contribution in [0.15, 0.2) is 48.5 Å². The number of sulfonamides is 1. The number of hydrogen-bond donors (Lipinski definition) is 1. The van der Waals surface area contributed by atoms with Gasteiger partial charge in [-0.3, -0.25) is 9.10 Å². The molecule has 0 fully saturated rings. The SMILES string of the molecule is CCN(c1ccc(C(=O)NCc2cccc(OC(C)C)c2)cc1)S(C)(=O)=O. The molecule has 0 unspecified atom stereocenters. The molecule has 2 aromatic rings. The van der Waals surface area contributed by atoms with E-state index in [9.17, 15) is 13.2 Å². The molecule has 2 aromatic carbocycles. The molecule has 1 N–H and O–H groups in total. The van der Waals surface area contributed by atoms with E-state index in [-0.39, 0.29) is 12.0 Å². The molecular weight excluding hydrogens is 364 g/mol. The predicted molar refractivity (Wildman–Crippen MR) is 108 cm³/mol. The molecule has 27 heavy (non-hydrogen) atoms. The molecule has 6 nitrogen and oxygen atoms in total. The third-order valence-electron chi connectivity index (χ3n) is 3.83. The molecule has 0 aromatic heterocycles. The zero-order chi connectivity index (χ0) is 20.0. The molecule has 0 saturated heterocycles. The number of benzene rings is 2. The van der Waals surface area contributed by atoms with Crippen LogP contribution in [0, 0.1) is 0 Å². The van der Waals surface area contributed by atoms with Crippen molar-refractivity contribution < 1.29 is 17.9 Å². The fourth-order valence-corrected chi connectivity index (χ4v) is 3.65. The summed E-state index contributed by atoms with van der Waals surface area (Å²) in [6.45, 7) is 6.39. The Morgan fingerprint density at radius 3 is 2.37 bits per heavy atom. The first kappa shape index (κ1) is 20.8. The maximum atomic E-state index is 12.4. The van der Waals surface area contributed by atoms with Crippen molar-refractivity contribution >= 4 is 21.6 Å². The van der Waals surface area contributed by atoms with Gasteiger partial charge in [0.15, 0.2) is 0 Å². The third-order valence-corrected chi connectivity index (χ3v) is 5.10.